The highest BCUT2D eigenvalue weighted by Gasteiger charge is 2.21. The van der Waals surface area contributed by atoms with E-state index in [2.05, 4.69) is 21.6 Å². The van der Waals surface area contributed by atoms with Crippen molar-refractivity contribution in [2.24, 2.45) is 0 Å². The number of hydrogen-bond acceptors (Lipinski definition) is 5. The Balaban J connectivity index is 2.43. The lowest BCUT2D eigenvalue weighted by atomic mass is 9.98. The van der Waals surface area contributed by atoms with Crippen molar-refractivity contribution in [3.05, 3.63) is 10.5 Å². The largest absolute Gasteiger partial charge is 0.343 e. The van der Waals surface area contributed by atoms with Gasteiger partial charge >= 0.3 is 5.69 Å². The Morgan fingerprint density at radius 2 is 2.32 bits per heavy atom. The molecule has 0 radical (unpaired) electrons. The lowest BCUT2D eigenvalue weighted by molar-refractivity contribution is 0.426. The molecule has 1 aromatic rings. The minimum atomic E-state index is -0.467. The van der Waals surface area contributed by atoms with Crippen LogP contribution in [0.1, 0.15) is 33.6 Å². The summed E-state index contributed by atoms with van der Waals surface area (Å²) in [6.07, 6.45) is 1.68. The molecule has 19 heavy (non-hydrogen) atoms. The topological polar surface area (TPSA) is 86.5 Å². The van der Waals surface area contributed by atoms with Crippen LogP contribution in [-0.4, -0.2) is 32.6 Å². The van der Waals surface area contributed by atoms with E-state index in [9.17, 15) is 4.79 Å². The molecule has 1 rings (SSSR count). The molecule has 1 atom stereocenters. The third-order valence-electron chi connectivity index (χ3n) is 2.91. The van der Waals surface area contributed by atoms with Crippen molar-refractivity contribution in [2.45, 2.75) is 50.9 Å². The van der Waals surface area contributed by atoms with Crippen LogP contribution in [0.2, 0.25) is 0 Å². The van der Waals surface area contributed by atoms with Crippen molar-refractivity contribution in [3.63, 3.8) is 0 Å². The molecular weight excluding hydrogens is 262 g/mol. The summed E-state index contributed by atoms with van der Waals surface area (Å²) < 4.78 is 1.61. The molecule has 0 aromatic carbocycles. The molecule has 1 heterocycles. The van der Waals surface area contributed by atoms with Crippen molar-refractivity contribution >= 4 is 11.8 Å². The summed E-state index contributed by atoms with van der Waals surface area (Å²) in [4.78, 5) is 11.4. The first-order chi connectivity index (χ1) is 9.06. The predicted molar refractivity (Wildman–Crippen MR) is 76.2 cm³/mol. The molecule has 1 aromatic heterocycles. The molecule has 0 aliphatic carbocycles. The SMILES string of the molecule is CCNC(C)(C#N)CCCSc1n[nH]c(=O)n1CC. The quantitative estimate of drug-likeness (QED) is 0.555. The van der Waals surface area contributed by atoms with Gasteiger partial charge in [0.2, 0.25) is 0 Å². The molecule has 0 amide bonds. The summed E-state index contributed by atoms with van der Waals surface area (Å²) in [6.45, 7) is 7.22. The standard InChI is InChI=1S/C12H21N5OS/c1-4-14-12(3,9-13)7-6-8-19-11-16-15-10(18)17(11)5-2/h14H,4-8H2,1-3H3,(H,15,18). The Labute approximate surface area is 117 Å². The predicted octanol–water partition coefficient (Wildman–Crippen LogP) is 1.36. The molecule has 0 bridgehead atoms. The highest BCUT2D eigenvalue weighted by atomic mass is 32.2. The Morgan fingerprint density at radius 3 is 2.89 bits per heavy atom. The van der Waals surface area contributed by atoms with Crippen molar-refractivity contribution < 1.29 is 0 Å². The number of rotatable bonds is 8. The van der Waals surface area contributed by atoms with Crippen LogP contribution in [0.3, 0.4) is 0 Å². The number of nitrogens with zero attached hydrogens (tertiary/aromatic N) is 3. The van der Waals surface area contributed by atoms with E-state index < -0.39 is 5.54 Å². The number of nitriles is 1. The summed E-state index contributed by atoms with van der Waals surface area (Å²) in [5, 5.41) is 19.5. The normalized spacial score (nSPS) is 14.0. The Kier molecular flexibility index (Phi) is 6.12. The molecule has 0 spiro atoms. The maximum absolute atomic E-state index is 11.4. The molecule has 0 aliphatic rings. The highest BCUT2D eigenvalue weighted by Crippen LogP contribution is 2.18. The smallest absolute Gasteiger partial charge is 0.300 e. The molecular formula is C12H21N5OS. The van der Waals surface area contributed by atoms with E-state index in [-0.39, 0.29) is 5.69 Å². The molecule has 0 saturated heterocycles. The van der Waals surface area contributed by atoms with Crippen LogP contribution in [0.5, 0.6) is 0 Å². The van der Waals surface area contributed by atoms with Gasteiger partial charge in [0.1, 0.15) is 5.54 Å². The van der Waals surface area contributed by atoms with Gasteiger partial charge in [-0.05, 0) is 33.2 Å². The minimum Gasteiger partial charge on any atom is -0.300 e. The molecule has 1 unspecified atom stereocenters. The number of hydrogen-bond donors (Lipinski definition) is 2. The summed E-state index contributed by atoms with van der Waals surface area (Å²) in [6, 6.07) is 2.31. The second-order valence-corrected chi connectivity index (χ2v) is 5.54. The number of aromatic amines is 1. The number of aromatic nitrogens is 3. The second kappa shape index (κ2) is 7.36. The summed E-state index contributed by atoms with van der Waals surface area (Å²) in [7, 11) is 0. The van der Waals surface area contributed by atoms with Crippen LogP contribution in [0, 0.1) is 11.3 Å². The molecule has 6 nitrogen and oxygen atoms in total. The van der Waals surface area contributed by atoms with Crippen molar-refractivity contribution in [2.75, 3.05) is 12.3 Å². The third kappa shape index (κ3) is 4.40. The molecule has 7 heteroatoms. The summed E-state index contributed by atoms with van der Waals surface area (Å²) in [5.41, 5.74) is -0.634. The zero-order chi connectivity index (χ0) is 14.3. The van der Waals surface area contributed by atoms with Crippen LogP contribution in [0.4, 0.5) is 0 Å². The molecule has 0 saturated carbocycles. The first-order valence-electron chi connectivity index (χ1n) is 6.50. The van der Waals surface area contributed by atoms with E-state index in [1.807, 2.05) is 20.8 Å². The van der Waals surface area contributed by atoms with E-state index >= 15 is 0 Å². The van der Waals surface area contributed by atoms with E-state index in [1.54, 1.807) is 16.3 Å². The van der Waals surface area contributed by atoms with Crippen LogP contribution in [0.15, 0.2) is 9.95 Å². The van der Waals surface area contributed by atoms with Gasteiger partial charge in [0.05, 0.1) is 6.07 Å². The lowest BCUT2D eigenvalue weighted by Crippen LogP contribution is -2.40. The monoisotopic (exact) mass is 283 g/mol. The van der Waals surface area contributed by atoms with Gasteiger partial charge in [0, 0.05) is 12.3 Å². The zero-order valence-corrected chi connectivity index (χ0v) is 12.5. The lowest BCUT2D eigenvalue weighted by Gasteiger charge is -2.22. The van der Waals surface area contributed by atoms with Crippen molar-refractivity contribution in [3.8, 4) is 6.07 Å². The molecule has 0 aliphatic heterocycles. The Morgan fingerprint density at radius 1 is 1.58 bits per heavy atom. The molecule has 106 valence electrons. The van der Waals surface area contributed by atoms with Crippen LogP contribution >= 0.6 is 11.8 Å². The van der Waals surface area contributed by atoms with E-state index in [4.69, 9.17) is 5.26 Å². The first kappa shape index (κ1) is 15.8. The second-order valence-electron chi connectivity index (χ2n) is 4.48. The Hall–Kier alpha value is -1.26. The van der Waals surface area contributed by atoms with Gasteiger partial charge in [-0.15, -0.1) is 5.10 Å². The summed E-state index contributed by atoms with van der Waals surface area (Å²) in [5.74, 6) is 0.840. The maximum atomic E-state index is 11.4. The van der Waals surface area contributed by atoms with Crippen LogP contribution in [0.25, 0.3) is 0 Å². The average Bonchev–Trinajstić information content (AvgIpc) is 2.75. The third-order valence-corrected chi connectivity index (χ3v) is 3.97. The van der Waals surface area contributed by atoms with Gasteiger partial charge in [-0.1, -0.05) is 18.7 Å². The number of H-pyrrole nitrogens is 1. The van der Waals surface area contributed by atoms with Gasteiger partial charge in [0.15, 0.2) is 5.16 Å². The van der Waals surface area contributed by atoms with E-state index in [0.29, 0.717) is 6.54 Å². The molecule has 0 fully saturated rings. The van der Waals surface area contributed by atoms with E-state index in [0.717, 1.165) is 30.3 Å². The van der Waals surface area contributed by atoms with Crippen molar-refractivity contribution in [1.29, 1.82) is 5.26 Å². The fraction of sp³-hybridized carbons (Fsp3) is 0.750. The Bertz CT molecular complexity index is 489. The maximum Gasteiger partial charge on any atom is 0.343 e. The van der Waals surface area contributed by atoms with Gasteiger partial charge in [-0.2, -0.15) is 5.26 Å². The van der Waals surface area contributed by atoms with Gasteiger partial charge in [0.25, 0.3) is 0 Å². The van der Waals surface area contributed by atoms with E-state index in [1.165, 1.54) is 0 Å². The van der Waals surface area contributed by atoms with Crippen LogP contribution < -0.4 is 11.0 Å². The first-order valence-corrected chi connectivity index (χ1v) is 7.49. The van der Waals surface area contributed by atoms with Gasteiger partial charge in [-0.25, -0.2) is 9.89 Å². The van der Waals surface area contributed by atoms with Crippen LogP contribution in [-0.2, 0) is 6.54 Å². The van der Waals surface area contributed by atoms with Gasteiger partial charge < -0.3 is 0 Å². The zero-order valence-electron chi connectivity index (χ0n) is 11.7. The minimum absolute atomic E-state index is 0.167. The van der Waals surface area contributed by atoms with Crippen molar-refractivity contribution in [1.82, 2.24) is 20.1 Å². The highest BCUT2D eigenvalue weighted by molar-refractivity contribution is 7.99. The fourth-order valence-corrected chi connectivity index (χ4v) is 2.80. The number of nitrogens with one attached hydrogen (secondary N) is 2. The average molecular weight is 283 g/mol. The number of thioether (sulfide) groups is 1. The molecule has 2 N–H and O–H groups in total. The van der Waals surface area contributed by atoms with Gasteiger partial charge in [-0.3, -0.25) is 9.88 Å². The summed E-state index contributed by atoms with van der Waals surface area (Å²) >= 11 is 1.55. The fourth-order valence-electron chi connectivity index (χ4n) is 1.86.